The van der Waals surface area contributed by atoms with Gasteiger partial charge < -0.3 is 5.11 Å². The van der Waals surface area contributed by atoms with E-state index in [-0.39, 0.29) is 11.3 Å². The maximum Gasteiger partial charge on any atom is 0.443 e. The second-order valence-corrected chi connectivity index (χ2v) is 4.81. The number of aromatic carboxylic acids is 1. The molecule has 0 unspecified atom stereocenters. The molecular weight excluding hydrogens is 275 g/mol. The standard InChI is InChI=1S/C9H4F3NO2S2/c10-9(11,12)8-13-5(3-17-8)6-1-4(2-16-6)7(14)15/h1-3H,(H,14,15). The number of alkyl halides is 3. The van der Waals surface area contributed by atoms with Gasteiger partial charge in [0.15, 0.2) is 5.01 Å². The lowest BCUT2D eigenvalue weighted by atomic mass is 10.3. The molecule has 0 bridgehead atoms. The van der Waals surface area contributed by atoms with Crippen LogP contribution in [0.3, 0.4) is 0 Å². The molecule has 0 saturated heterocycles. The molecule has 0 spiro atoms. The first-order chi connectivity index (χ1) is 7.88. The highest BCUT2D eigenvalue weighted by Crippen LogP contribution is 2.35. The van der Waals surface area contributed by atoms with E-state index < -0.39 is 17.2 Å². The first-order valence-corrected chi connectivity index (χ1v) is 5.99. The molecule has 90 valence electrons. The van der Waals surface area contributed by atoms with Gasteiger partial charge in [0.1, 0.15) is 0 Å². The second kappa shape index (κ2) is 4.11. The van der Waals surface area contributed by atoms with E-state index in [1.54, 1.807) is 0 Å². The maximum atomic E-state index is 12.3. The summed E-state index contributed by atoms with van der Waals surface area (Å²) >= 11 is 1.54. The van der Waals surface area contributed by atoms with Gasteiger partial charge in [-0.3, -0.25) is 0 Å². The molecule has 0 radical (unpaired) electrons. The quantitative estimate of drug-likeness (QED) is 0.914. The van der Waals surface area contributed by atoms with Gasteiger partial charge in [0.25, 0.3) is 0 Å². The van der Waals surface area contributed by atoms with E-state index in [1.807, 2.05) is 0 Å². The molecule has 0 saturated carbocycles. The second-order valence-electron chi connectivity index (χ2n) is 3.04. The number of thiophene rings is 1. The normalized spacial score (nSPS) is 11.7. The van der Waals surface area contributed by atoms with Gasteiger partial charge in [-0.15, -0.1) is 22.7 Å². The van der Waals surface area contributed by atoms with Crippen molar-refractivity contribution in [3.05, 3.63) is 27.4 Å². The minimum absolute atomic E-state index is 0.0477. The average Bonchev–Trinajstić information content (AvgIpc) is 2.85. The van der Waals surface area contributed by atoms with Gasteiger partial charge in [-0.2, -0.15) is 13.2 Å². The van der Waals surface area contributed by atoms with E-state index in [0.717, 1.165) is 11.3 Å². The predicted octanol–water partition coefficient (Wildman–Crippen LogP) is 3.59. The zero-order valence-electron chi connectivity index (χ0n) is 7.99. The SMILES string of the molecule is O=C(O)c1csc(-c2csc(C(F)(F)F)n2)c1. The summed E-state index contributed by atoms with van der Waals surface area (Å²) in [5.41, 5.74) is 0.200. The minimum atomic E-state index is -4.46. The molecule has 2 heterocycles. The van der Waals surface area contributed by atoms with Crippen molar-refractivity contribution in [2.45, 2.75) is 6.18 Å². The van der Waals surface area contributed by atoms with Gasteiger partial charge in [-0.1, -0.05) is 0 Å². The molecule has 0 fully saturated rings. The number of halogens is 3. The van der Waals surface area contributed by atoms with Crippen molar-refractivity contribution < 1.29 is 23.1 Å². The lowest BCUT2D eigenvalue weighted by Crippen LogP contribution is -2.03. The zero-order chi connectivity index (χ0) is 12.6. The van der Waals surface area contributed by atoms with E-state index in [0.29, 0.717) is 16.2 Å². The third-order valence-corrected chi connectivity index (χ3v) is 3.69. The minimum Gasteiger partial charge on any atom is -0.478 e. The Labute approximate surface area is 101 Å². The molecule has 0 atom stereocenters. The monoisotopic (exact) mass is 279 g/mol. The third-order valence-electron chi connectivity index (χ3n) is 1.85. The topological polar surface area (TPSA) is 50.2 Å². The van der Waals surface area contributed by atoms with Crippen LogP contribution in [0.1, 0.15) is 15.4 Å². The molecule has 0 aliphatic rings. The summed E-state index contributed by atoms with van der Waals surface area (Å²) in [7, 11) is 0. The largest absolute Gasteiger partial charge is 0.478 e. The molecule has 8 heteroatoms. The maximum absolute atomic E-state index is 12.3. The smallest absolute Gasteiger partial charge is 0.443 e. The van der Waals surface area contributed by atoms with E-state index >= 15 is 0 Å². The number of carboxylic acid groups (broad SMARTS) is 1. The number of carbonyl (C=O) groups is 1. The van der Waals surface area contributed by atoms with Crippen molar-refractivity contribution in [2.24, 2.45) is 0 Å². The lowest BCUT2D eigenvalue weighted by molar-refractivity contribution is -0.137. The molecule has 0 aliphatic heterocycles. The Morgan fingerprint density at radius 3 is 2.47 bits per heavy atom. The molecule has 2 aromatic heterocycles. The van der Waals surface area contributed by atoms with Crippen LogP contribution in [0, 0.1) is 0 Å². The van der Waals surface area contributed by atoms with E-state index in [1.165, 1.54) is 16.8 Å². The Hall–Kier alpha value is -1.41. The Morgan fingerprint density at radius 1 is 1.29 bits per heavy atom. The highest BCUT2D eigenvalue weighted by Gasteiger charge is 2.34. The molecule has 0 aliphatic carbocycles. The fraction of sp³-hybridized carbons (Fsp3) is 0.111. The Morgan fingerprint density at radius 2 is 2.00 bits per heavy atom. The van der Waals surface area contributed by atoms with Gasteiger partial charge in [0.05, 0.1) is 16.1 Å². The van der Waals surface area contributed by atoms with Crippen LogP contribution in [0.2, 0.25) is 0 Å². The van der Waals surface area contributed by atoms with Gasteiger partial charge in [-0.05, 0) is 6.07 Å². The van der Waals surface area contributed by atoms with E-state index in [9.17, 15) is 18.0 Å². The summed E-state index contributed by atoms with van der Waals surface area (Å²) in [6.07, 6.45) is -4.46. The van der Waals surface area contributed by atoms with Crippen LogP contribution in [0.15, 0.2) is 16.8 Å². The van der Waals surface area contributed by atoms with Crippen molar-refractivity contribution in [3.8, 4) is 10.6 Å². The first-order valence-electron chi connectivity index (χ1n) is 4.23. The summed E-state index contributed by atoms with van der Waals surface area (Å²) in [6.45, 7) is 0. The molecular formula is C9H4F3NO2S2. The molecule has 1 N–H and O–H groups in total. The van der Waals surface area contributed by atoms with Crippen molar-refractivity contribution in [1.82, 2.24) is 4.98 Å². The van der Waals surface area contributed by atoms with Crippen LogP contribution in [-0.2, 0) is 6.18 Å². The van der Waals surface area contributed by atoms with Crippen LogP contribution in [0.4, 0.5) is 13.2 Å². The number of hydrogen-bond acceptors (Lipinski definition) is 4. The van der Waals surface area contributed by atoms with Crippen molar-refractivity contribution in [1.29, 1.82) is 0 Å². The van der Waals surface area contributed by atoms with Crippen molar-refractivity contribution >= 4 is 28.6 Å². The Bertz CT molecular complexity index is 559. The van der Waals surface area contributed by atoms with Crippen molar-refractivity contribution in [3.63, 3.8) is 0 Å². The molecule has 0 aromatic carbocycles. The number of carboxylic acids is 1. The van der Waals surface area contributed by atoms with Crippen LogP contribution in [0.25, 0.3) is 10.6 Å². The summed E-state index contributed by atoms with van der Waals surface area (Å²) in [5.74, 6) is -1.11. The third kappa shape index (κ3) is 2.47. The zero-order valence-corrected chi connectivity index (χ0v) is 9.62. The molecule has 17 heavy (non-hydrogen) atoms. The molecule has 2 aromatic rings. The van der Waals surface area contributed by atoms with E-state index in [2.05, 4.69) is 4.98 Å². The molecule has 3 nitrogen and oxygen atoms in total. The van der Waals surface area contributed by atoms with E-state index in [4.69, 9.17) is 5.11 Å². The molecule has 2 rings (SSSR count). The Kier molecular flexibility index (Phi) is 2.92. The van der Waals surface area contributed by atoms with Gasteiger partial charge in [0.2, 0.25) is 0 Å². The van der Waals surface area contributed by atoms with Gasteiger partial charge in [0, 0.05) is 10.8 Å². The highest BCUT2D eigenvalue weighted by molar-refractivity contribution is 7.14. The van der Waals surface area contributed by atoms with Crippen LogP contribution in [-0.4, -0.2) is 16.1 Å². The lowest BCUT2D eigenvalue weighted by Gasteiger charge is -1.98. The summed E-state index contributed by atoms with van der Waals surface area (Å²) in [4.78, 5) is 14.5. The number of aromatic nitrogens is 1. The van der Waals surface area contributed by atoms with Crippen LogP contribution < -0.4 is 0 Å². The fourth-order valence-corrected chi connectivity index (χ4v) is 2.71. The predicted molar refractivity (Wildman–Crippen MR) is 57.4 cm³/mol. The summed E-state index contributed by atoms with van der Waals surface area (Å²) in [6, 6.07) is 1.31. The van der Waals surface area contributed by atoms with Crippen LogP contribution >= 0.6 is 22.7 Å². The van der Waals surface area contributed by atoms with Crippen molar-refractivity contribution in [2.75, 3.05) is 0 Å². The number of rotatable bonds is 2. The first kappa shape index (κ1) is 12.1. The number of hydrogen-bond donors (Lipinski definition) is 1. The summed E-state index contributed by atoms with van der Waals surface area (Å²) in [5, 5.41) is 10.4. The number of nitrogens with zero attached hydrogens (tertiary/aromatic N) is 1. The van der Waals surface area contributed by atoms with Gasteiger partial charge in [-0.25, -0.2) is 9.78 Å². The summed E-state index contributed by atoms with van der Waals surface area (Å²) < 4.78 is 36.9. The average molecular weight is 279 g/mol. The fourth-order valence-electron chi connectivity index (χ4n) is 1.10. The number of thiazole rings is 1. The molecule has 0 amide bonds. The Balaban J connectivity index is 2.34. The van der Waals surface area contributed by atoms with Gasteiger partial charge >= 0.3 is 12.1 Å². The van der Waals surface area contributed by atoms with Crippen LogP contribution in [0.5, 0.6) is 0 Å². The highest BCUT2D eigenvalue weighted by atomic mass is 32.1.